The van der Waals surface area contributed by atoms with Crippen LogP contribution in [-0.4, -0.2) is 22.5 Å². The number of aliphatic carboxylic acids is 1. The minimum Gasteiger partial charge on any atom is -0.480 e. The Morgan fingerprint density at radius 2 is 2.17 bits per heavy atom. The average molecular weight is 194 g/mol. The van der Waals surface area contributed by atoms with Gasteiger partial charge in [-0.05, 0) is 25.7 Å². The van der Waals surface area contributed by atoms with E-state index in [1.54, 1.807) is 6.92 Å². The Hall–Kier alpha value is -0.280. The van der Waals surface area contributed by atoms with Crippen LogP contribution in [0, 0.1) is 0 Å². The molecule has 0 aliphatic carbocycles. The minimum atomic E-state index is -1.05. The van der Waals surface area contributed by atoms with Gasteiger partial charge < -0.3 is 10.8 Å². The quantitative estimate of drug-likeness (QED) is 0.498. The van der Waals surface area contributed by atoms with Crippen molar-refractivity contribution in [2.24, 2.45) is 5.73 Å². The van der Waals surface area contributed by atoms with Crippen molar-refractivity contribution in [2.75, 3.05) is 5.88 Å². The predicted molar refractivity (Wildman–Crippen MR) is 49.4 cm³/mol. The predicted octanol–water partition coefficient (Wildman–Crippen LogP) is 1.59. The summed E-state index contributed by atoms with van der Waals surface area (Å²) in [6.45, 7) is 1.79. The third-order valence-corrected chi connectivity index (χ3v) is 2.33. The van der Waals surface area contributed by atoms with Crippen LogP contribution in [-0.2, 0) is 4.79 Å². The molecule has 72 valence electrons. The SMILES string of the molecule is CCC(N)(CCCCCl)C(=O)O. The summed E-state index contributed by atoms with van der Waals surface area (Å²) in [5.74, 6) is -0.348. The number of carbonyl (C=O) groups is 1. The highest BCUT2D eigenvalue weighted by Gasteiger charge is 2.30. The topological polar surface area (TPSA) is 63.3 Å². The standard InChI is InChI=1S/C8H16ClNO2/c1-2-8(10,7(11)12)5-3-4-6-9/h2-6,10H2,1H3,(H,11,12). The fourth-order valence-corrected chi connectivity index (χ4v) is 1.16. The number of unbranched alkanes of at least 4 members (excludes halogenated alkanes) is 1. The van der Waals surface area contributed by atoms with Gasteiger partial charge in [0.15, 0.2) is 0 Å². The van der Waals surface area contributed by atoms with Gasteiger partial charge in [-0.2, -0.15) is 0 Å². The Labute approximate surface area is 77.9 Å². The Bertz CT molecular complexity index is 152. The maximum Gasteiger partial charge on any atom is 0.323 e. The molecule has 3 N–H and O–H groups in total. The highest BCUT2D eigenvalue weighted by Crippen LogP contribution is 2.15. The number of nitrogens with two attached hydrogens (primary N) is 1. The van der Waals surface area contributed by atoms with Gasteiger partial charge in [0.2, 0.25) is 0 Å². The number of carboxylic acids is 1. The van der Waals surface area contributed by atoms with E-state index in [0.29, 0.717) is 18.7 Å². The second kappa shape index (κ2) is 5.38. The van der Waals surface area contributed by atoms with E-state index in [9.17, 15) is 4.79 Å². The average Bonchev–Trinajstić information content (AvgIpc) is 2.04. The highest BCUT2D eigenvalue weighted by atomic mass is 35.5. The minimum absolute atomic E-state index is 0.463. The van der Waals surface area contributed by atoms with Crippen molar-refractivity contribution in [3.63, 3.8) is 0 Å². The van der Waals surface area contributed by atoms with Gasteiger partial charge in [0.05, 0.1) is 0 Å². The van der Waals surface area contributed by atoms with Crippen molar-refractivity contribution < 1.29 is 9.90 Å². The van der Waals surface area contributed by atoms with E-state index in [2.05, 4.69) is 0 Å². The van der Waals surface area contributed by atoms with Crippen LogP contribution in [0.2, 0.25) is 0 Å². The maximum atomic E-state index is 10.7. The van der Waals surface area contributed by atoms with E-state index in [1.165, 1.54) is 0 Å². The lowest BCUT2D eigenvalue weighted by molar-refractivity contribution is -0.143. The molecule has 0 fully saturated rings. The molecule has 0 bridgehead atoms. The van der Waals surface area contributed by atoms with Gasteiger partial charge in [-0.25, -0.2) is 0 Å². The van der Waals surface area contributed by atoms with Gasteiger partial charge >= 0.3 is 5.97 Å². The van der Waals surface area contributed by atoms with Crippen molar-refractivity contribution in [1.82, 2.24) is 0 Å². The zero-order valence-electron chi connectivity index (χ0n) is 7.35. The number of hydrogen-bond donors (Lipinski definition) is 2. The van der Waals surface area contributed by atoms with E-state index < -0.39 is 11.5 Å². The largest absolute Gasteiger partial charge is 0.480 e. The number of alkyl halides is 1. The van der Waals surface area contributed by atoms with Crippen molar-refractivity contribution in [3.8, 4) is 0 Å². The zero-order valence-corrected chi connectivity index (χ0v) is 8.10. The molecule has 1 unspecified atom stereocenters. The van der Waals surface area contributed by atoms with Crippen molar-refractivity contribution in [2.45, 2.75) is 38.1 Å². The van der Waals surface area contributed by atoms with Gasteiger partial charge in [-0.3, -0.25) is 4.79 Å². The van der Waals surface area contributed by atoms with Gasteiger partial charge in [0.1, 0.15) is 5.54 Å². The fourth-order valence-electron chi connectivity index (χ4n) is 0.970. The molecule has 3 nitrogen and oxygen atoms in total. The molecule has 0 heterocycles. The Morgan fingerprint density at radius 3 is 2.50 bits per heavy atom. The van der Waals surface area contributed by atoms with Gasteiger partial charge in [-0.15, -0.1) is 11.6 Å². The fraction of sp³-hybridized carbons (Fsp3) is 0.875. The zero-order chi connectivity index (χ0) is 9.61. The van der Waals surface area contributed by atoms with Crippen molar-refractivity contribution in [1.29, 1.82) is 0 Å². The molecule has 0 aliphatic heterocycles. The molecule has 4 heteroatoms. The van der Waals surface area contributed by atoms with E-state index in [1.807, 2.05) is 0 Å². The first-order valence-corrected chi connectivity index (χ1v) is 4.68. The van der Waals surface area contributed by atoms with Crippen LogP contribution in [0.4, 0.5) is 0 Å². The molecular weight excluding hydrogens is 178 g/mol. The number of rotatable bonds is 6. The second-order valence-corrected chi connectivity index (χ2v) is 3.34. The molecule has 0 aromatic heterocycles. The Morgan fingerprint density at radius 1 is 1.58 bits per heavy atom. The van der Waals surface area contributed by atoms with Crippen LogP contribution in [0.25, 0.3) is 0 Å². The first kappa shape index (κ1) is 11.7. The lowest BCUT2D eigenvalue weighted by atomic mass is 9.91. The van der Waals surface area contributed by atoms with Gasteiger partial charge in [0, 0.05) is 5.88 Å². The summed E-state index contributed by atoms with van der Waals surface area (Å²) in [4.78, 5) is 10.7. The third-order valence-electron chi connectivity index (χ3n) is 2.06. The number of halogens is 1. The molecule has 0 aromatic rings. The molecule has 0 spiro atoms. The second-order valence-electron chi connectivity index (χ2n) is 2.96. The van der Waals surface area contributed by atoms with Crippen LogP contribution in [0.3, 0.4) is 0 Å². The molecule has 0 saturated heterocycles. The molecule has 0 saturated carbocycles. The third kappa shape index (κ3) is 3.41. The van der Waals surface area contributed by atoms with Crippen molar-refractivity contribution in [3.05, 3.63) is 0 Å². The lowest BCUT2D eigenvalue weighted by Gasteiger charge is -2.22. The normalized spacial score (nSPS) is 15.6. The molecule has 0 radical (unpaired) electrons. The van der Waals surface area contributed by atoms with Crippen molar-refractivity contribution >= 4 is 17.6 Å². The Kier molecular flexibility index (Phi) is 5.25. The first-order valence-electron chi connectivity index (χ1n) is 4.15. The summed E-state index contributed by atoms with van der Waals surface area (Å²) in [7, 11) is 0. The van der Waals surface area contributed by atoms with Gasteiger partial charge in [0.25, 0.3) is 0 Å². The maximum absolute atomic E-state index is 10.7. The monoisotopic (exact) mass is 193 g/mol. The smallest absolute Gasteiger partial charge is 0.323 e. The van der Waals surface area contributed by atoms with Crippen LogP contribution in [0.15, 0.2) is 0 Å². The van der Waals surface area contributed by atoms with E-state index in [-0.39, 0.29) is 0 Å². The molecule has 0 rings (SSSR count). The molecule has 0 aliphatic rings. The molecular formula is C8H16ClNO2. The highest BCUT2D eigenvalue weighted by molar-refractivity contribution is 6.17. The first-order chi connectivity index (χ1) is 5.56. The Balaban J connectivity index is 3.88. The molecule has 0 amide bonds. The van der Waals surface area contributed by atoms with E-state index >= 15 is 0 Å². The molecule has 1 atom stereocenters. The molecule has 12 heavy (non-hydrogen) atoms. The summed E-state index contributed by atoms with van der Waals surface area (Å²) in [6.07, 6.45) is 2.57. The number of carboxylic acid groups (broad SMARTS) is 1. The van der Waals surface area contributed by atoms with Crippen LogP contribution in [0.5, 0.6) is 0 Å². The van der Waals surface area contributed by atoms with Crippen LogP contribution < -0.4 is 5.73 Å². The summed E-state index contributed by atoms with van der Waals surface area (Å²) in [5.41, 5.74) is 4.59. The lowest BCUT2D eigenvalue weighted by Crippen LogP contribution is -2.47. The van der Waals surface area contributed by atoms with E-state index in [0.717, 1.165) is 12.8 Å². The summed E-state index contributed by atoms with van der Waals surface area (Å²) >= 11 is 5.46. The number of hydrogen-bond acceptors (Lipinski definition) is 2. The van der Waals surface area contributed by atoms with E-state index in [4.69, 9.17) is 22.4 Å². The van der Waals surface area contributed by atoms with Gasteiger partial charge in [-0.1, -0.05) is 6.92 Å². The molecule has 0 aromatic carbocycles. The summed E-state index contributed by atoms with van der Waals surface area (Å²) in [5, 5.41) is 8.77. The van der Waals surface area contributed by atoms with Crippen LogP contribution in [0.1, 0.15) is 32.6 Å². The van der Waals surface area contributed by atoms with Crippen LogP contribution >= 0.6 is 11.6 Å². The summed E-state index contributed by atoms with van der Waals surface area (Å²) in [6, 6.07) is 0. The summed E-state index contributed by atoms with van der Waals surface area (Å²) < 4.78 is 0.